The van der Waals surface area contributed by atoms with E-state index in [9.17, 15) is 4.79 Å². The Hall–Kier alpha value is -2.74. The van der Waals surface area contributed by atoms with Crippen molar-refractivity contribution in [2.75, 3.05) is 18.4 Å². The molecule has 0 spiro atoms. The van der Waals surface area contributed by atoms with Crippen molar-refractivity contribution < 1.29 is 9.21 Å². The predicted octanol–water partition coefficient (Wildman–Crippen LogP) is 2.91. The number of aromatic nitrogens is 3. The third-order valence-corrected chi connectivity index (χ3v) is 5.03. The van der Waals surface area contributed by atoms with E-state index in [4.69, 9.17) is 4.42 Å². The lowest BCUT2D eigenvalue weighted by atomic mass is 10.1. The molecule has 1 fully saturated rings. The van der Waals surface area contributed by atoms with Crippen LogP contribution >= 0.6 is 11.3 Å². The molecule has 3 aromatic heterocycles. The van der Waals surface area contributed by atoms with Crippen molar-refractivity contribution in [2.24, 2.45) is 0 Å². The van der Waals surface area contributed by atoms with E-state index in [-0.39, 0.29) is 11.9 Å². The van der Waals surface area contributed by atoms with E-state index in [1.807, 2.05) is 23.1 Å². The van der Waals surface area contributed by atoms with Gasteiger partial charge >= 0.3 is 0 Å². The average Bonchev–Trinajstić information content (AvgIpc) is 3.35. The second-order valence-electron chi connectivity index (χ2n) is 5.82. The first-order valence-electron chi connectivity index (χ1n) is 8.14. The number of hydrogen-bond donors (Lipinski definition) is 1. The Bertz CT molecular complexity index is 826. The van der Waals surface area contributed by atoms with Crippen molar-refractivity contribution in [2.45, 2.75) is 18.9 Å². The van der Waals surface area contributed by atoms with Gasteiger partial charge in [-0.2, -0.15) is 0 Å². The van der Waals surface area contributed by atoms with Gasteiger partial charge in [0.2, 0.25) is 5.13 Å². The molecular formula is C17H17N5O2S. The Morgan fingerprint density at radius 3 is 2.80 bits per heavy atom. The molecule has 0 aliphatic carbocycles. The number of furan rings is 1. The normalized spacial score (nSPS) is 15.3. The molecule has 0 radical (unpaired) electrons. The van der Waals surface area contributed by atoms with Gasteiger partial charge in [0.15, 0.2) is 10.8 Å². The van der Waals surface area contributed by atoms with Gasteiger partial charge in [-0.05, 0) is 37.1 Å². The fourth-order valence-corrected chi connectivity index (χ4v) is 3.63. The smallest absolute Gasteiger partial charge is 0.289 e. The molecule has 4 heterocycles. The fourth-order valence-electron chi connectivity index (χ4n) is 2.83. The summed E-state index contributed by atoms with van der Waals surface area (Å²) >= 11 is 1.49. The van der Waals surface area contributed by atoms with Gasteiger partial charge in [-0.3, -0.25) is 9.78 Å². The van der Waals surface area contributed by atoms with Gasteiger partial charge < -0.3 is 14.6 Å². The molecule has 0 unspecified atom stereocenters. The lowest BCUT2D eigenvalue weighted by Gasteiger charge is -2.31. The minimum absolute atomic E-state index is 0.0446. The maximum absolute atomic E-state index is 12.3. The van der Waals surface area contributed by atoms with Crippen molar-refractivity contribution in [3.05, 3.63) is 48.6 Å². The number of nitrogens with one attached hydrogen (secondary N) is 1. The lowest BCUT2D eigenvalue weighted by Crippen LogP contribution is -2.42. The number of carbonyl (C=O) groups is 1. The van der Waals surface area contributed by atoms with Crippen LogP contribution in [0, 0.1) is 0 Å². The molecule has 0 aromatic carbocycles. The van der Waals surface area contributed by atoms with Crippen LogP contribution in [-0.2, 0) is 0 Å². The first-order valence-corrected chi connectivity index (χ1v) is 8.95. The Labute approximate surface area is 148 Å². The van der Waals surface area contributed by atoms with E-state index in [1.165, 1.54) is 17.6 Å². The van der Waals surface area contributed by atoms with E-state index < -0.39 is 0 Å². The zero-order chi connectivity index (χ0) is 17.1. The Balaban J connectivity index is 1.33. The summed E-state index contributed by atoms with van der Waals surface area (Å²) < 4.78 is 5.19. The standard InChI is InChI=1S/C17H17N5O2S/c23-16(14-5-3-11-24-14)22-9-6-12(7-10-22)19-17-21-20-15(25-17)13-4-1-2-8-18-13/h1-5,8,11-12H,6-7,9-10H2,(H,19,21). The summed E-state index contributed by atoms with van der Waals surface area (Å²) in [7, 11) is 0. The highest BCUT2D eigenvalue weighted by atomic mass is 32.1. The number of rotatable bonds is 4. The molecule has 4 rings (SSSR count). The first kappa shape index (κ1) is 15.8. The average molecular weight is 355 g/mol. The molecule has 1 amide bonds. The van der Waals surface area contributed by atoms with Crippen molar-refractivity contribution in [1.29, 1.82) is 0 Å². The maximum Gasteiger partial charge on any atom is 0.289 e. The Morgan fingerprint density at radius 1 is 1.20 bits per heavy atom. The molecular weight excluding hydrogens is 338 g/mol. The van der Waals surface area contributed by atoms with Crippen LogP contribution in [0.25, 0.3) is 10.7 Å². The third-order valence-electron chi connectivity index (χ3n) is 4.15. The number of likely N-dealkylation sites (tertiary alicyclic amines) is 1. The number of pyridine rings is 1. The predicted molar refractivity (Wildman–Crippen MR) is 94.4 cm³/mol. The van der Waals surface area contributed by atoms with Crippen LogP contribution in [0.1, 0.15) is 23.4 Å². The van der Waals surface area contributed by atoms with Crippen LogP contribution in [0.15, 0.2) is 47.2 Å². The van der Waals surface area contributed by atoms with Gasteiger partial charge in [-0.25, -0.2) is 0 Å². The van der Waals surface area contributed by atoms with Crippen LogP contribution in [0.5, 0.6) is 0 Å². The van der Waals surface area contributed by atoms with E-state index in [0.717, 1.165) is 28.7 Å². The minimum Gasteiger partial charge on any atom is -0.459 e. The fraction of sp³-hybridized carbons (Fsp3) is 0.294. The summed E-state index contributed by atoms with van der Waals surface area (Å²) in [4.78, 5) is 18.4. The highest BCUT2D eigenvalue weighted by Gasteiger charge is 2.25. The number of anilines is 1. The van der Waals surface area contributed by atoms with Gasteiger partial charge in [0.05, 0.1) is 6.26 Å². The largest absolute Gasteiger partial charge is 0.459 e. The molecule has 8 heteroatoms. The Kier molecular flexibility index (Phi) is 4.43. The van der Waals surface area contributed by atoms with Gasteiger partial charge in [-0.15, -0.1) is 10.2 Å². The van der Waals surface area contributed by atoms with E-state index >= 15 is 0 Å². The summed E-state index contributed by atoms with van der Waals surface area (Å²) in [5, 5.41) is 13.4. The summed E-state index contributed by atoms with van der Waals surface area (Å²) in [6, 6.07) is 9.45. The summed E-state index contributed by atoms with van der Waals surface area (Å²) in [6.45, 7) is 1.40. The summed E-state index contributed by atoms with van der Waals surface area (Å²) in [5.74, 6) is 0.354. The van der Waals surface area contributed by atoms with Crippen molar-refractivity contribution in [3.63, 3.8) is 0 Å². The monoisotopic (exact) mass is 355 g/mol. The maximum atomic E-state index is 12.3. The van der Waals surface area contributed by atoms with Crippen LogP contribution in [0.3, 0.4) is 0 Å². The van der Waals surface area contributed by atoms with E-state index in [0.29, 0.717) is 18.8 Å². The topological polar surface area (TPSA) is 84.2 Å². The first-order chi connectivity index (χ1) is 12.3. The quantitative estimate of drug-likeness (QED) is 0.775. The summed E-state index contributed by atoms with van der Waals surface area (Å²) in [6.07, 6.45) is 5.00. The molecule has 1 N–H and O–H groups in total. The van der Waals surface area contributed by atoms with Crippen LogP contribution < -0.4 is 5.32 Å². The number of amides is 1. The van der Waals surface area contributed by atoms with Gasteiger partial charge in [0.1, 0.15) is 5.69 Å². The number of piperidine rings is 1. The zero-order valence-electron chi connectivity index (χ0n) is 13.5. The molecule has 3 aromatic rings. The van der Waals surface area contributed by atoms with E-state index in [1.54, 1.807) is 18.3 Å². The molecule has 0 saturated carbocycles. The van der Waals surface area contributed by atoms with Crippen LogP contribution in [0.2, 0.25) is 0 Å². The van der Waals surface area contributed by atoms with Crippen molar-refractivity contribution >= 4 is 22.4 Å². The van der Waals surface area contributed by atoms with Crippen LogP contribution in [-0.4, -0.2) is 45.1 Å². The highest BCUT2D eigenvalue weighted by molar-refractivity contribution is 7.18. The SMILES string of the molecule is O=C(c1ccco1)N1CCC(Nc2nnc(-c3ccccn3)s2)CC1. The molecule has 0 bridgehead atoms. The highest BCUT2D eigenvalue weighted by Crippen LogP contribution is 2.26. The molecule has 1 aliphatic rings. The van der Waals surface area contributed by atoms with Crippen LogP contribution in [0.4, 0.5) is 5.13 Å². The molecule has 128 valence electrons. The second-order valence-corrected chi connectivity index (χ2v) is 6.79. The Morgan fingerprint density at radius 2 is 2.08 bits per heavy atom. The van der Waals surface area contributed by atoms with Crippen molar-refractivity contribution in [3.8, 4) is 10.7 Å². The summed E-state index contributed by atoms with van der Waals surface area (Å²) in [5.41, 5.74) is 0.826. The lowest BCUT2D eigenvalue weighted by molar-refractivity contribution is 0.0686. The second kappa shape index (κ2) is 7.02. The zero-order valence-corrected chi connectivity index (χ0v) is 14.3. The van der Waals surface area contributed by atoms with Gasteiger partial charge in [0, 0.05) is 25.3 Å². The van der Waals surface area contributed by atoms with Gasteiger partial charge in [0.25, 0.3) is 5.91 Å². The molecule has 1 aliphatic heterocycles. The minimum atomic E-state index is -0.0446. The molecule has 7 nitrogen and oxygen atoms in total. The number of nitrogens with zero attached hydrogens (tertiary/aromatic N) is 4. The molecule has 1 saturated heterocycles. The molecule has 0 atom stereocenters. The van der Waals surface area contributed by atoms with Crippen molar-refractivity contribution in [1.82, 2.24) is 20.1 Å². The number of carbonyl (C=O) groups excluding carboxylic acids is 1. The number of hydrogen-bond acceptors (Lipinski definition) is 7. The third kappa shape index (κ3) is 3.53. The molecule has 25 heavy (non-hydrogen) atoms. The van der Waals surface area contributed by atoms with Gasteiger partial charge in [-0.1, -0.05) is 17.4 Å². The van der Waals surface area contributed by atoms with E-state index in [2.05, 4.69) is 20.5 Å².